The van der Waals surface area contributed by atoms with Gasteiger partial charge in [-0.05, 0) is 6.08 Å². The Kier molecular flexibility index (Phi) is 2.90. The summed E-state index contributed by atoms with van der Waals surface area (Å²) in [6.07, 6.45) is 2.22. The zero-order chi connectivity index (χ0) is 12.5. The minimum absolute atomic E-state index is 0.388. The Balaban J connectivity index is 2.64. The van der Waals surface area contributed by atoms with Crippen molar-refractivity contribution < 1.29 is 14.3 Å². The summed E-state index contributed by atoms with van der Waals surface area (Å²) in [5.74, 6) is 0.258. The Morgan fingerprint density at radius 3 is 2.65 bits per heavy atom. The van der Waals surface area contributed by atoms with Gasteiger partial charge in [-0.3, -0.25) is 4.79 Å². The van der Waals surface area contributed by atoms with Gasteiger partial charge in [0.25, 0.3) is 5.91 Å². The van der Waals surface area contributed by atoms with Crippen LogP contribution in [0.3, 0.4) is 0 Å². The average molecular weight is 233 g/mol. The Labute approximate surface area is 100 Å². The van der Waals surface area contributed by atoms with Crippen molar-refractivity contribution in [2.75, 3.05) is 14.2 Å². The topological polar surface area (TPSA) is 61.6 Å². The molecule has 1 aliphatic carbocycles. The monoisotopic (exact) mass is 233 g/mol. The molecule has 17 heavy (non-hydrogen) atoms. The van der Waals surface area contributed by atoms with Gasteiger partial charge in [0.2, 0.25) is 0 Å². The molecule has 0 aromatic heterocycles. The molecule has 1 amide bonds. The maximum atomic E-state index is 11.7. The van der Waals surface area contributed by atoms with Gasteiger partial charge in [-0.15, -0.1) is 0 Å². The number of carbonyl (C=O) groups is 1. The van der Waals surface area contributed by atoms with Crippen LogP contribution in [0.5, 0.6) is 0 Å². The molecule has 4 heteroatoms. The van der Waals surface area contributed by atoms with Gasteiger partial charge < -0.3 is 15.2 Å². The Morgan fingerprint density at radius 1 is 1.35 bits per heavy atom. The van der Waals surface area contributed by atoms with Crippen LogP contribution in [0.4, 0.5) is 0 Å². The number of rotatable bonds is 3. The summed E-state index contributed by atoms with van der Waals surface area (Å²) in [5.41, 5.74) is 6.00. The first-order valence-electron chi connectivity index (χ1n) is 5.35. The third-order valence-electron chi connectivity index (χ3n) is 3.17. The number of carbonyl (C=O) groups excluding carboxylic acids is 1. The minimum Gasteiger partial charge on any atom is -0.496 e. The number of methoxy groups -OCH3 is 2. The van der Waals surface area contributed by atoms with Gasteiger partial charge in [0, 0.05) is 24.7 Å². The van der Waals surface area contributed by atoms with Crippen molar-refractivity contribution >= 4 is 11.7 Å². The number of ether oxygens (including phenoxy) is 2. The van der Waals surface area contributed by atoms with Crippen LogP contribution >= 0.6 is 0 Å². The molecule has 90 valence electrons. The molecule has 0 heterocycles. The molecule has 1 atom stereocenters. The predicted molar refractivity (Wildman–Crippen MR) is 63.9 cm³/mol. The maximum Gasteiger partial charge on any atom is 0.254 e. The molecule has 0 saturated carbocycles. The highest BCUT2D eigenvalue weighted by Gasteiger charge is 2.42. The van der Waals surface area contributed by atoms with Gasteiger partial charge in [0.05, 0.1) is 7.11 Å². The van der Waals surface area contributed by atoms with Crippen molar-refractivity contribution in [3.8, 4) is 0 Å². The molecule has 1 unspecified atom stereocenters. The summed E-state index contributed by atoms with van der Waals surface area (Å²) in [6, 6.07) is 7.47. The second-order valence-corrected chi connectivity index (χ2v) is 3.92. The third-order valence-corrected chi connectivity index (χ3v) is 3.17. The standard InChI is InChI=1S/C13H15NO3/c1-16-11-7-8-13(17-2,12(14)15)10-6-4-3-5-9(10)11/h3-7H,8H2,1-2H3,(H2,14,15). The van der Waals surface area contributed by atoms with E-state index in [9.17, 15) is 4.79 Å². The van der Waals surface area contributed by atoms with E-state index in [2.05, 4.69) is 0 Å². The zero-order valence-electron chi connectivity index (χ0n) is 9.90. The van der Waals surface area contributed by atoms with E-state index in [-0.39, 0.29) is 0 Å². The van der Waals surface area contributed by atoms with E-state index in [4.69, 9.17) is 15.2 Å². The number of hydrogen-bond acceptors (Lipinski definition) is 3. The largest absolute Gasteiger partial charge is 0.496 e. The summed E-state index contributed by atoms with van der Waals surface area (Å²) in [4.78, 5) is 11.7. The van der Waals surface area contributed by atoms with Crippen molar-refractivity contribution in [2.45, 2.75) is 12.0 Å². The van der Waals surface area contributed by atoms with E-state index < -0.39 is 11.5 Å². The highest BCUT2D eigenvalue weighted by atomic mass is 16.5. The van der Waals surface area contributed by atoms with Crippen LogP contribution in [0.2, 0.25) is 0 Å². The van der Waals surface area contributed by atoms with E-state index in [1.54, 1.807) is 7.11 Å². The number of amides is 1. The van der Waals surface area contributed by atoms with Crippen molar-refractivity contribution in [1.82, 2.24) is 0 Å². The van der Waals surface area contributed by atoms with Crippen LogP contribution in [-0.4, -0.2) is 20.1 Å². The summed E-state index contributed by atoms with van der Waals surface area (Å²) in [5, 5.41) is 0. The smallest absolute Gasteiger partial charge is 0.254 e. The van der Waals surface area contributed by atoms with Gasteiger partial charge in [0.15, 0.2) is 5.60 Å². The van der Waals surface area contributed by atoms with Gasteiger partial charge in [-0.25, -0.2) is 0 Å². The van der Waals surface area contributed by atoms with Crippen molar-refractivity contribution in [1.29, 1.82) is 0 Å². The molecule has 1 aromatic carbocycles. The van der Waals surface area contributed by atoms with Crippen LogP contribution in [0.1, 0.15) is 17.5 Å². The molecule has 0 fully saturated rings. The first kappa shape index (κ1) is 11.7. The number of benzene rings is 1. The second-order valence-electron chi connectivity index (χ2n) is 3.92. The molecule has 1 aliphatic rings. The molecule has 1 aromatic rings. The Bertz CT molecular complexity index is 481. The number of nitrogens with two attached hydrogens (primary N) is 1. The minimum atomic E-state index is -1.08. The summed E-state index contributed by atoms with van der Waals surface area (Å²) in [7, 11) is 3.10. The molecular formula is C13H15NO3. The molecule has 0 radical (unpaired) electrons. The van der Waals surface area contributed by atoms with Crippen LogP contribution < -0.4 is 5.73 Å². The van der Waals surface area contributed by atoms with Crippen molar-refractivity contribution in [3.63, 3.8) is 0 Å². The lowest BCUT2D eigenvalue weighted by molar-refractivity contribution is -0.141. The van der Waals surface area contributed by atoms with Gasteiger partial charge in [-0.1, -0.05) is 24.3 Å². The predicted octanol–water partition coefficient (Wildman–Crippen LogP) is 1.40. The first-order chi connectivity index (χ1) is 8.15. The van der Waals surface area contributed by atoms with E-state index in [1.165, 1.54) is 7.11 Å². The molecule has 0 saturated heterocycles. The fourth-order valence-corrected chi connectivity index (χ4v) is 2.23. The van der Waals surface area contributed by atoms with Crippen LogP contribution in [0.15, 0.2) is 30.3 Å². The summed E-state index contributed by atoms with van der Waals surface area (Å²) >= 11 is 0. The Morgan fingerprint density at radius 2 is 2.06 bits per heavy atom. The molecule has 4 nitrogen and oxygen atoms in total. The van der Waals surface area contributed by atoms with Crippen molar-refractivity contribution in [2.24, 2.45) is 5.73 Å². The SMILES string of the molecule is COC1=CCC(OC)(C(N)=O)c2ccccc21. The maximum absolute atomic E-state index is 11.7. The number of fused-ring (bicyclic) bond motifs is 1. The fourth-order valence-electron chi connectivity index (χ4n) is 2.23. The first-order valence-corrected chi connectivity index (χ1v) is 5.35. The third kappa shape index (κ3) is 1.61. The van der Waals surface area contributed by atoms with Crippen molar-refractivity contribution in [3.05, 3.63) is 41.5 Å². The van der Waals surface area contributed by atoms with Gasteiger partial charge >= 0.3 is 0 Å². The molecule has 0 spiro atoms. The normalized spacial score (nSPS) is 22.6. The number of hydrogen-bond donors (Lipinski definition) is 1. The molecular weight excluding hydrogens is 218 g/mol. The lowest BCUT2D eigenvalue weighted by atomic mass is 9.81. The summed E-state index contributed by atoms with van der Waals surface area (Å²) < 4.78 is 10.7. The summed E-state index contributed by atoms with van der Waals surface area (Å²) in [6.45, 7) is 0. The molecule has 0 bridgehead atoms. The van der Waals surface area contributed by atoms with E-state index in [1.807, 2.05) is 30.3 Å². The number of primary amides is 1. The van der Waals surface area contributed by atoms with Crippen LogP contribution in [0.25, 0.3) is 5.76 Å². The Hall–Kier alpha value is -1.81. The highest BCUT2D eigenvalue weighted by molar-refractivity contribution is 5.88. The molecule has 0 aliphatic heterocycles. The molecule has 2 rings (SSSR count). The second kappa shape index (κ2) is 4.22. The quantitative estimate of drug-likeness (QED) is 0.858. The van der Waals surface area contributed by atoms with Gasteiger partial charge in [0.1, 0.15) is 5.76 Å². The van der Waals surface area contributed by atoms with Crippen LogP contribution in [-0.2, 0) is 19.9 Å². The molecule has 2 N–H and O–H groups in total. The van der Waals surface area contributed by atoms with Gasteiger partial charge in [-0.2, -0.15) is 0 Å². The van der Waals surface area contributed by atoms with Crippen LogP contribution in [0, 0.1) is 0 Å². The highest BCUT2D eigenvalue weighted by Crippen LogP contribution is 2.39. The fraction of sp³-hybridized carbons (Fsp3) is 0.308. The average Bonchev–Trinajstić information content (AvgIpc) is 2.37. The van der Waals surface area contributed by atoms with E-state index in [0.717, 1.165) is 16.9 Å². The van der Waals surface area contributed by atoms with E-state index in [0.29, 0.717) is 6.42 Å². The van der Waals surface area contributed by atoms with E-state index >= 15 is 0 Å². The lowest BCUT2D eigenvalue weighted by Crippen LogP contribution is -2.44. The lowest BCUT2D eigenvalue weighted by Gasteiger charge is -2.33. The zero-order valence-corrected chi connectivity index (χ0v) is 9.90.